The molecule has 0 amide bonds. The van der Waals surface area contributed by atoms with E-state index in [0.717, 1.165) is 6.08 Å². The first-order chi connectivity index (χ1) is 10.9. The minimum absolute atomic E-state index is 0.0810. The monoisotopic (exact) mass is 351 g/mol. The molecule has 0 atom stereocenters. The van der Waals surface area contributed by atoms with E-state index < -0.39 is 15.3 Å². The van der Waals surface area contributed by atoms with Crippen LogP contribution < -0.4 is 9.46 Å². The highest BCUT2D eigenvalue weighted by Gasteiger charge is 2.14. The molecule has 2 aromatic rings. The van der Waals surface area contributed by atoms with Crippen LogP contribution in [0.25, 0.3) is 6.08 Å². The molecule has 7 heteroatoms. The highest BCUT2D eigenvalue weighted by atomic mass is 35.5. The zero-order valence-electron chi connectivity index (χ0n) is 12.2. The predicted octanol–water partition coefficient (Wildman–Crippen LogP) is 3.27. The Hall–Kier alpha value is -2.31. The topological polar surface area (TPSA) is 72.5 Å². The van der Waals surface area contributed by atoms with Gasteiger partial charge in [0.25, 0.3) is 10.0 Å². The number of carbonyl (C=O) groups excluding carboxylic acids is 1. The second-order valence-electron chi connectivity index (χ2n) is 4.54. The van der Waals surface area contributed by atoms with Gasteiger partial charge in [-0.3, -0.25) is 9.52 Å². The zero-order chi connectivity index (χ0) is 16.9. The highest BCUT2D eigenvalue weighted by molar-refractivity contribution is 7.92. The molecule has 0 unspecified atom stereocenters. The fraction of sp³-hybridized carbons (Fsp3) is 0.0625. The number of halogens is 1. The second kappa shape index (κ2) is 7.30. The van der Waals surface area contributed by atoms with Crippen molar-refractivity contribution < 1.29 is 17.9 Å². The van der Waals surface area contributed by atoms with E-state index in [1.807, 2.05) is 0 Å². The van der Waals surface area contributed by atoms with Crippen molar-refractivity contribution in [1.82, 2.24) is 0 Å². The number of anilines is 1. The number of nitrogens with one attached hydrogen (secondary N) is 1. The summed E-state index contributed by atoms with van der Waals surface area (Å²) in [6.45, 7) is 0. The van der Waals surface area contributed by atoms with Crippen molar-refractivity contribution in [2.75, 3.05) is 11.8 Å². The molecule has 0 fully saturated rings. The highest BCUT2D eigenvalue weighted by Crippen LogP contribution is 2.20. The predicted molar refractivity (Wildman–Crippen MR) is 90.1 cm³/mol. The Kier molecular flexibility index (Phi) is 5.41. The van der Waals surface area contributed by atoms with Crippen LogP contribution in [0.5, 0.6) is 5.75 Å². The number of ether oxygens (including phenoxy) is 1. The average Bonchev–Trinajstić information content (AvgIpc) is 2.53. The lowest BCUT2D eigenvalue weighted by Gasteiger charge is -2.09. The largest absolute Gasteiger partial charge is 0.497 e. The molecule has 2 aromatic carbocycles. The molecule has 1 N–H and O–H groups in total. The molecule has 23 heavy (non-hydrogen) atoms. The Morgan fingerprint density at radius 1 is 1.17 bits per heavy atom. The van der Waals surface area contributed by atoms with E-state index in [1.54, 1.807) is 36.4 Å². The summed E-state index contributed by atoms with van der Waals surface area (Å²) in [5.74, 6) is 0.630. The van der Waals surface area contributed by atoms with Gasteiger partial charge in [0.15, 0.2) is 0 Å². The molecule has 5 nitrogen and oxygen atoms in total. The molecule has 120 valence electrons. The van der Waals surface area contributed by atoms with E-state index in [1.165, 1.54) is 25.3 Å². The molecule has 0 aliphatic rings. The van der Waals surface area contributed by atoms with Crippen molar-refractivity contribution in [3.63, 3.8) is 0 Å². The number of sulfonamides is 1. The smallest absolute Gasteiger partial charge is 0.261 e. The van der Waals surface area contributed by atoms with Gasteiger partial charge in [-0.05, 0) is 59.6 Å². The number of carbonyl (C=O) groups is 1. The first-order valence-corrected chi connectivity index (χ1v) is 8.41. The summed E-state index contributed by atoms with van der Waals surface area (Å²) in [5, 5.41) is -0.630. The summed E-state index contributed by atoms with van der Waals surface area (Å²) < 4.78 is 32.3. The van der Waals surface area contributed by atoms with Crippen LogP contribution in [0.2, 0.25) is 0 Å². The van der Waals surface area contributed by atoms with Crippen LogP contribution in [0.3, 0.4) is 0 Å². The number of rotatable bonds is 6. The Labute approximate surface area is 139 Å². The second-order valence-corrected chi connectivity index (χ2v) is 6.60. The Morgan fingerprint density at radius 3 is 2.48 bits per heavy atom. The number of hydrogen-bond acceptors (Lipinski definition) is 4. The standard InChI is InChI=1S/C16H14ClNO4S/c1-22-14-8-6-13(7-9-14)18-23(20,21)15-4-2-3-12(11-15)5-10-16(17)19/h2-11,18H,1H3. The lowest BCUT2D eigenvalue weighted by Crippen LogP contribution is -2.12. The molecule has 0 heterocycles. The summed E-state index contributed by atoms with van der Waals surface area (Å²) in [5.41, 5.74) is 0.972. The summed E-state index contributed by atoms with van der Waals surface area (Å²) in [4.78, 5) is 10.8. The summed E-state index contributed by atoms with van der Waals surface area (Å²) >= 11 is 5.22. The number of benzene rings is 2. The minimum atomic E-state index is -3.74. The first kappa shape index (κ1) is 17.1. The number of hydrogen-bond donors (Lipinski definition) is 1. The van der Waals surface area contributed by atoms with Gasteiger partial charge in [0.1, 0.15) is 5.75 Å². The van der Waals surface area contributed by atoms with Crippen molar-refractivity contribution >= 4 is 38.6 Å². The molecule has 0 aliphatic heterocycles. The fourth-order valence-corrected chi connectivity index (χ4v) is 3.00. The zero-order valence-corrected chi connectivity index (χ0v) is 13.8. The SMILES string of the molecule is COc1ccc(NS(=O)(=O)c2cccc(C=CC(=O)Cl)c2)cc1. The normalized spacial score (nSPS) is 11.4. The van der Waals surface area contributed by atoms with Crippen molar-refractivity contribution in [1.29, 1.82) is 0 Å². The molecule has 0 aliphatic carbocycles. The fourth-order valence-electron chi connectivity index (χ4n) is 1.82. The van der Waals surface area contributed by atoms with Gasteiger partial charge in [-0.25, -0.2) is 8.42 Å². The van der Waals surface area contributed by atoms with E-state index in [4.69, 9.17) is 16.3 Å². The molecule has 0 aromatic heterocycles. The molecule has 0 saturated heterocycles. The first-order valence-electron chi connectivity index (χ1n) is 6.55. The van der Waals surface area contributed by atoms with E-state index in [0.29, 0.717) is 17.0 Å². The van der Waals surface area contributed by atoms with Crippen molar-refractivity contribution in [3.05, 3.63) is 60.2 Å². The van der Waals surface area contributed by atoms with Gasteiger partial charge >= 0.3 is 0 Å². The van der Waals surface area contributed by atoms with Gasteiger partial charge in [-0.2, -0.15) is 0 Å². The van der Waals surface area contributed by atoms with Gasteiger partial charge < -0.3 is 4.74 Å². The average molecular weight is 352 g/mol. The van der Waals surface area contributed by atoms with Gasteiger partial charge in [0, 0.05) is 5.69 Å². The van der Waals surface area contributed by atoms with Gasteiger partial charge in [-0.1, -0.05) is 18.2 Å². The lowest BCUT2D eigenvalue weighted by molar-refractivity contribution is -0.107. The molecule has 0 saturated carbocycles. The van der Waals surface area contributed by atoms with Crippen LogP contribution in [0.1, 0.15) is 5.56 Å². The summed E-state index contributed by atoms with van der Waals surface area (Å²) in [7, 11) is -2.21. The van der Waals surface area contributed by atoms with Gasteiger partial charge in [0.2, 0.25) is 5.24 Å². The Balaban J connectivity index is 2.24. The van der Waals surface area contributed by atoms with Crippen LogP contribution >= 0.6 is 11.6 Å². The Bertz CT molecular complexity index is 829. The third-order valence-corrected chi connectivity index (χ3v) is 4.42. The van der Waals surface area contributed by atoms with E-state index in [9.17, 15) is 13.2 Å². The molecule has 0 radical (unpaired) electrons. The molecule has 0 spiro atoms. The number of allylic oxidation sites excluding steroid dienone is 1. The van der Waals surface area contributed by atoms with Crippen LogP contribution in [-0.2, 0) is 14.8 Å². The van der Waals surface area contributed by atoms with E-state index in [-0.39, 0.29) is 4.90 Å². The third-order valence-electron chi connectivity index (χ3n) is 2.92. The Morgan fingerprint density at radius 2 is 1.87 bits per heavy atom. The van der Waals surface area contributed by atoms with Crippen LogP contribution in [-0.4, -0.2) is 20.8 Å². The molecular formula is C16H14ClNO4S. The number of methoxy groups -OCH3 is 1. The van der Waals surface area contributed by atoms with Crippen LogP contribution in [0, 0.1) is 0 Å². The molecule has 2 rings (SSSR count). The van der Waals surface area contributed by atoms with Gasteiger partial charge in [-0.15, -0.1) is 0 Å². The van der Waals surface area contributed by atoms with Crippen molar-refractivity contribution in [2.45, 2.75) is 4.90 Å². The van der Waals surface area contributed by atoms with Crippen LogP contribution in [0.4, 0.5) is 5.69 Å². The van der Waals surface area contributed by atoms with E-state index in [2.05, 4.69) is 4.72 Å². The third kappa shape index (κ3) is 4.84. The maximum absolute atomic E-state index is 12.4. The van der Waals surface area contributed by atoms with Crippen molar-refractivity contribution in [3.8, 4) is 5.75 Å². The molecular weight excluding hydrogens is 338 g/mol. The van der Waals surface area contributed by atoms with Crippen LogP contribution in [0.15, 0.2) is 59.5 Å². The summed E-state index contributed by atoms with van der Waals surface area (Å²) in [6, 6.07) is 12.7. The maximum Gasteiger partial charge on any atom is 0.261 e. The lowest BCUT2D eigenvalue weighted by atomic mass is 10.2. The maximum atomic E-state index is 12.4. The quantitative estimate of drug-likeness (QED) is 0.640. The van der Waals surface area contributed by atoms with Crippen molar-refractivity contribution in [2.24, 2.45) is 0 Å². The van der Waals surface area contributed by atoms with E-state index >= 15 is 0 Å². The minimum Gasteiger partial charge on any atom is -0.497 e. The summed E-state index contributed by atoms with van der Waals surface area (Å²) in [6.07, 6.45) is 2.60. The molecule has 0 bridgehead atoms. The van der Waals surface area contributed by atoms with Gasteiger partial charge in [0.05, 0.1) is 12.0 Å².